The summed E-state index contributed by atoms with van der Waals surface area (Å²) in [4.78, 5) is 23.1. The first-order valence-electron chi connectivity index (χ1n) is 7.25. The van der Waals surface area contributed by atoms with E-state index in [0.29, 0.717) is 25.3 Å². The molecule has 1 heterocycles. The third kappa shape index (κ3) is 3.74. The number of hydrogen-bond donors (Lipinski definition) is 2. The molecule has 1 fully saturated rings. The third-order valence-electron chi connectivity index (χ3n) is 3.69. The molecule has 2 N–H and O–H groups in total. The minimum Gasteiger partial charge on any atom is -0.496 e. The highest BCUT2D eigenvalue weighted by molar-refractivity contribution is 5.90. The third-order valence-corrected chi connectivity index (χ3v) is 3.69. The summed E-state index contributed by atoms with van der Waals surface area (Å²) in [5.41, 5.74) is 2.15. The fraction of sp³-hybridized carbons (Fsp3) is 0.500. The highest BCUT2D eigenvalue weighted by Crippen LogP contribution is 2.27. The highest BCUT2D eigenvalue weighted by atomic mass is 16.5. The van der Waals surface area contributed by atoms with Crippen molar-refractivity contribution in [1.82, 2.24) is 10.6 Å². The first-order valence-corrected chi connectivity index (χ1v) is 7.25. The molecule has 1 aliphatic heterocycles. The van der Waals surface area contributed by atoms with Crippen molar-refractivity contribution in [1.29, 1.82) is 0 Å². The maximum absolute atomic E-state index is 12.0. The number of carbonyl (C=O) groups is 2. The van der Waals surface area contributed by atoms with E-state index in [2.05, 4.69) is 30.5 Å². The van der Waals surface area contributed by atoms with Crippen molar-refractivity contribution in [2.75, 3.05) is 7.11 Å². The summed E-state index contributed by atoms with van der Waals surface area (Å²) in [7, 11) is 1.66. The van der Waals surface area contributed by atoms with Crippen molar-refractivity contribution in [2.45, 2.75) is 45.2 Å². The van der Waals surface area contributed by atoms with Gasteiger partial charge in [-0.1, -0.05) is 26.0 Å². The molecule has 5 nitrogen and oxygen atoms in total. The topological polar surface area (TPSA) is 67.4 Å². The Bertz CT molecular complexity index is 540. The molecule has 1 aromatic carbocycles. The first-order chi connectivity index (χ1) is 10.0. The average Bonchev–Trinajstić information content (AvgIpc) is 2.91. The van der Waals surface area contributed by atoms with Crippen LogP contribution in [0.3, 0.4) is 0 Å². The molecule has 1 unspecified atom stereocenters. The van der Waals surface area contributed by atoms with Crippen LogP contribution in [-0.2, 0) is 16.1 Å². The van der Waals surface area contributed by atoms with Gasteiger partial charge in [-0.3, -0.25) is 9.59 Å². The lowest BCUT2D eigenvalue weighted by atomic mass is 9.99. The quantitative estimate of drug-likeness (QED) is 0.867. The smallest absolute Gasteiger partial charge is 0.242 e. The van der Waals surface area contributed by atoms with E-state index in [9.17, 15) is 9.59 Å². The van der Waals surface area contributed by atoms with E-state index in [-0.39, 0.29) is 17.9 Å². The first kappa shape index (κ1) is 15.4. The van der Waals surface area contributed by atoms with Crippen LogP contribution in [0.2, 0.25) is 0 Å². The van der Waals surface area contributed by atoms with E-state index >= 15 is 0 Å². The van der Waals surface area contributed by atoms with Crippen LogP contribution in [0.15, 0.2) is 18.2 Å². The van der Waals surface area contributed by atoms with Crippen molar-refractivity contribution in [3.8, 4) is 5.75 Å². The second-order valence-electron chi connectivity index (χ2n) is 5.61. The number of hydrogen-bond acceptors (Lipinski definition) is 3. The number of nitrogens with one attached hydrogen (secondary N) is 2. The van der Waals surface area contributed by atoms with E-state index in [1.807, 2.05) is 12.1 Å². The Morgan fingerprint density at radius 1 is 1.48 bits per heavy atom. The number of carbonyl (C=O) groups excluding carboxylic acids is 2. The lowest BCUT2D eigenvalue weighted by Crippen LogP contribution is -2.41. The molecule has 0 spiro atoms. The fourth-order valence-corrected chi connectivity index (χ4v) is 2.47. The normalized spacial score (nSPS) is 17.7. The minimum atomic E-state index is -0.389. The van der Waals surface area contributed by atoms with Crippen LogP contribution < -0.4 is 15.4 Å². The Labute approximate surface area is 125 Å². The summed E-state index contributed by atoms with van der Waals surface area (Å²) in [6.07, 6.45) is 1.00. The number of rotatable bonds is 5. The Morgan fingerprint density at radius 3 is 2.81 bits per heavy atom. The van der Waals surface area contributed by atoms with Crippen LogP contribution in [0.5, 0.6) is 5.75 Å². The molecule has 0 bridgehead atoms. The molecule has 2 rings (SSSR count). The van der Waals surface area contributed by atoms with Crippen molar-refractivity contribution in [2.24, 2.45) is 0 Å². The molecule has 21 heavy (non-hydrogen) atoms. The molecule has 0 aromatic heterocycles. The number of methoxy groups -OCH3 is 1. The van der Waals surface area contributed by atoms with Gasteiger partial charge in [0.15, 0.2) is 0 Å². The van der Waals surface area contributed by atoms with Crippen LogP contribution in [0.4, 0.5) is 0 Å². The van der Waals surface area contributed by atoms with Gasteiger partial charge in [-0.2, -0.15) is 0 Å². The van der Waals surface area contributed by atoms with Crippen LogP contribution in [0, 0.1) is 0 Å². The molecular weight excluding hydrogens is 268 g/mol. The standard InChI is InChI=1S/C16H22N2O3/c1-10(2)12-8-11(4-6-14(12)21-3)9-17-16(20)13-5-7-15(19)18-13/h4,6,8,10,13H,5,7,9H2,1-3H3,(H,17,20)(H,18,19). The molecule has 1 aromatic rings. The molecule has 1 aliphatic rings. The van der Waals surface area contributed by atoms with Gasteiger partial charge in [0.1, 0.15) is 11.8 Å². The monoisotopic (exact) mass is 290 g/mol. The van der Waals surface area contributed by atoms with Gasteiger partial charge in [0, 0.05) is 13.0 Å². The van der Waals surface area contributed by atoms with Crippen LogP contribution in [0.1, 0.15) is 43.7 Å². The van der Waals surface area contributed by atoms with Gasteiger partial charge in [-0.25, -0.2) is 0 Å². The SMILES string of the molecule is COc1ccc(CNC(=O)C2CCC(=O)N2)cc1C(C)C. The maximum Gasteiger partial charge on any atom is 0.242 e. The van der Waals surface area contributed by atoms with E-state index in [1.54, 1.807) is 7.11 Å². The zero-order valence-corrected chi connectivity index (χ0v) is 12.7. The van der Waals surface area contributed by atoms with E-state index < -0.39 is 0 Å². The summed E-state index contributed by atoms with van der Waals surface area (Å²) >= 11 is 0. The fourth-order valence-electron chi connectivity index (χ4n) is 2.47. The number of benzene rings is 1. The summed E-state index contributed by atoms with van der Waals surface area (Å²) in [6.45, 7) is 4.66. The zero-order chi connectivity index (χ0) is 15.4. The molecule has 0 saturated carbocycles. The van der Waals surface area contributed by atoms with Gasteiger partial charge in [0.2, 0.25) is 11.8 Å². The van der Waals surface area contributed by atoms with Gasteiger partial charge < -0.3 is 15.4 Å². The molecule has 114 valence electrons. The Kier molecular flexibility index (Phi) is 4.83. The van der Waals surface area contributed by atoms with Gasteiger partial charge in [0.05, 0.1) is 7.11 Å². The minimum absolute atomic E-state index is 0.0540. The number of ether oxygens (including phenoxy) is 1. The average molecular weight is 290 g/mol. The van der Waals surface area contributed by atoms with Crippen LogP contribution in [-0.4, -0.2) is 25.0 Å². The van der Waals surface area contributed by atoms with Crippen LogP contribution >= 0.6 is 0 Å². The molecule has 1 atom stereocenters. The predicted molar refractivity (Wildman–Crippen MR) is 80.1 cm³/mol. The summed E-state index contributed by atoms with van der Waals surface area (Å²) in [6, 6.07) is 5.53. The Balaban J connectivity index is 1.98. The van der Waals surface area contributed by atoms with Crippen molar-refractivity contribution in [3.05, 3.63) is 29.3 Å². The Hall–Kier alpha value is -2.04. The molecule has 2 amide bonds. The van der Waals surface area contributed by atoms with Gasteiger partial charge in [-0.15, -0.1) is 0 Å². The summed E-state index contributed by atoms with van der Waals surface area (Å²) in [5.74, 6) is 1.04. The van der Waals surface area contributed by atoms with E-state index in [4.69, 9.17) is 4.74 Å². The summed E-state index contributed by atoms with van der Waals surface area (Å²) < 4.78 is 5.35. The lowest BCUT2D eigenvalue weighted by Gasteiger charge is -2.15. The predicted octanol–water partition coefficient (Wildman–Crippen LogP) is 1.71. The zero-order valence-electron chi connectivity index (χ0n) is 12.7. The molecule has 0 aliphatic carbocycles. The van der Waals surface area contributed by atoms with Crippen LogP contribution in [0.25, 0.3) is 0 Å². The highest BCUT2D eigenvalue weighted by Gasteiger charge is 2.26. The summed E-state index contributed by atoms with van der Waals surface area (Å²) in [5, 5.41) is 5.54. The number of amides is 2. The molecule has 1 saturated heterocycles. The maximum atomic E-state index is 12.0. The molecular formula is C16H22N2O3. The Morgan fingerprint density at radius 2 is 2.24 bits per heavy atom. The van der Waals surface area contributed by atoms with Gasteiger partial charge in [0.25, 0.3) is 0 Å². The van der Waals surface area contributed by atoms with Gasteiger partial charge in [-0.05, 0) is 29.5 Å². The van der Waals surface area contributed by atoms with Crippen molar-refractivity contribution in [3.63, 3.8) is 0 Å². The molecule has 0 radical (unpaired) electrons. The second kappa shape index (κ2) is 6.61. The van der Waals surface area contributed by atoms with Crippen molar-refractivity contribution >= 4 is 11.8 Å². The molecule has 5 heteroatoms. The lowest BCUT2D eigenvalue weighted by molar-refractivity contribution is -0.125. The van der Waals surface area contributed by atoms with Crippen molar-refractivity contribution < 1.29 is 14.3 Å². The van der Waals surface area contributed by atoms with E-state index in [1.165, 1.54) is 0 Å². The second-order valence-corrected chi connectivity index (χ2v) is 5.61. The van der Waals surface area contributed by atoms with E-state index in [0.717, 1.165) is 16.9 Å². The van der Waals surface area contributed by atoms with Gasteiger partial charge >= 0.3 is 0 Å². The largest absolute Gasteiger partial charge is 0.496 e.